The molecule has 1 N–H and O–H groups in total. The summed E-state index contributed by atoms with van der Waals surface area (Å²) in [7, 11) is -2.72. The molecule has 0 aliphatic carbocycles. The van der Waals surface area contributed by atoms with Crippen molar-refractivity contribution in [3.05, 3.63) is 88.9 Å². The van der Waals surface area contributed by atoms with Gasteiger partial charge >= 0.3 is 0 Å². The van der Waals surface area contributed by atoms with Crippen LogP contribution in [0.5, 0.6) is 5.75 Å². The summed E-state index contributed by atoms with van der Waals surface area (Å²) >= 11 is 6.23. The summed E-state index contributed by atoms with van der Waals surface area (Å²) in [6.45, 7) is 7.27. The van der Waals surface area contributed by atoms with Gasteiger partial charge in [0.15, 0.2) is 0 Å². The largest absolute Gasteiger partial charge is 0.497 e. The van der Waals surface area contributed by atoms with E-state index < -0.39 is 28.5 Å². The van der Waals surface area contributed by atoms with Crippen LogP contribution in [0.3, 0.4) is 0 Å². The molecule has 0 aliphatic heterocycles. The number of benzene rings is 3. The van der Waals surface area contributed by atoms with Gasteiger partial charge in [-0.2, -0.15) is 0 Å². The van der Waals surface area contributed by atoms with E-state index in [2.05, 4.69) is 5.32 Å². The molecule has 41 heavy (non-hydrogen) atoms. The molecule has 220 valence electrons. The lowest BCUT2D eigenvalue weighted by Gasteiger charge is -2.33. The minimum absolute atomic E-state index is 0.0160. The van der Waals surface area contributed by atoms with Gasteiger partial charge in [-0.1, -0.05) is 61.3 Å². The summed E-state index contributed by atoms with van der Waals surface area (Å²) in [5, 5.41) is 3.30. The Labute approximate surface area is 248 Å². The average Bonchev–Trinajstić information content (AvgIpc) is 2.96. The lowest BCUT2D eigenvalue weighted by molar-refractivity contribution is -0.140. The van der Waals surface area contributed by atoms with Crippen LogP contribution in [0.4, 0.5) is 5.69 Å². The van der Waals surface area contributed by atoms with Crippen LogP contribution in [-0.4, -0.2) is 50.9 Å². The number of amides is 2. The van der Waals surface area contributed by atoms with Gasteiger partial charge < -0.3 is 15.0 Å². The zero-order chi connectivity index (χ0) is 30.2. The lowest BCUT2D eigenvalue weighted by Crippen LogP contribution is -2.53. The summed E-state index contributed by atoms with van der Waals surface area (Å²) in [5.74, 6) is -0.305. The second kappa shape index (κ2) is 14.4. The fraction of sp³-hybridized carbons (Fsp3) is 0.355. The molecule has 3 rings (SSSR count). The Morgan fingerprint density at radius 2 is 1.63 bits per heavy atom. The number of hydrogen-bond acceptors (Lipinski definition) is 5. The molecule has 10 heteroatoms. The standard InChI is InChI=1S/C31H38ClN3O5S/c1-6-23(4)33-31(37)29(7-2)34(20-24-13-11-22(3)12-14-24)30(36)21-35(26-10-8-9-25(32)19-26)41(38,39)28-17-15-27(40-5)16-18-28/h8-19,23,29H,6-7,20-21H2,1-5H3,(H,33,37)/t23-,29+/m0/s1. The highest BCUT2D eigenvalue weighted by atomic mass is 35.5. The molecule has 2 atom stereocenters. The van der Waals surface area contributed by atoms with E-state index in [1.54, 1.807) is 30.3 Å². The Hall–Kier alpha value is -3.56. The van der Waals surface area contributed by atoms with Crippen molar-refractivity contribution in [1.29, 1.82) is 0 Å². The van der Waals surface area contributed by atoms with E-state index in [0.29, 0.717) is 17.2 Å². The van der Waals surface area contributed by atoms with E-state index >= 15 is 0 Å². The van der Waals surface area contributed by atoms with Gasteiger partial charge in [0.2, 0.25) is 11.8 Å². The van der Waals surface area contributed by atoms with E-state index in [1.807, 2.05) is 52.0 Å². The number of anilines is 1. The van der Waals surface area contributed by atoms with Crippen LogP contribution >= 0.6 is 11.6 Å². The van der Waals surface area contributed by atoms with Gasteiger partial charge in [0, 0.05) is 17.6 Å². The minimum atomic E-state index is -4.21. The number of sulfonamides is 1. The number of nitrogens with one attached hydrogen (secondary N) is 1. The van der Waals surface area contributed by atoms with Crippen LogP contribution in [-0.2, 0) is 26.2 Å². The topological polar surface area (TPSA) is 96.0 Å². The predicted octanol–water partition coefficient (Wildman–Crippen LogP) is 5.57. The Kier molecular flexibility index (Phi) is 11.2. The second-order valence-electron chi connectivity index (χ2n) is 9.92. The van der Waals surface area contributed by atoms with Crippen molar-refractivity contribution in [3.8, 4) is 5.75 Å². The van der Waals surface area contributed by atoms with E-state index in [-0.39, 0.29) is 29.1 Å². The summed E-state index contributed by atoms with van der Waals surface area (Å²) < 4.78 is 34.1. The average molecular weight is 600 g/mol. The van der Waals surface area contributed by atoms with E-state index in [1.165, 1.54) is 30.2 Å². The fourth-order valence-corrected chi connectivity index (χ4v) is 5.88. The monoisotopic (exact) mass is 599 g/mol. The van der Waals surface area contributed by atoms with Gasteiger partial charge in [-0.15, -0.1) is 0 Å². The third-order valence-electron chi connectivity index (χ3n) is 6.88. The number of carbonyl (C=O) groups excluding carboxylic acids is 2. The number of rotatable bonds is 13. The Morgan fingerprint density at radius 1 is 0.976 bits per heavy atom. The van der Waals surface area contributed by atoms with Crippen LogP contribution in [0, 0.1) is 6.92 Å². The van der Waals surface area contributed by atoms with Crippen molar-refractivity contribution >= 4 is 39.1 Å². The Morgan fingerprint density at radius 3 is 2.20 bits per heavy atom. The smallest absolute Gasteiger partial charge is 0.264 e. The Bertz CT molecular complexity index is 1430. The summed E-state index contributed by atoms with van der Waals surface area (Å²) in [6, 6.07) is 19.0. The van der Waals surface area contributed by atoms with Crippen molar-refractivity contribution in [2.75, 3.05) is 18.0 Å². The van der Waals surface area contributed by atoms with Gasteiger partial charge in [0.05, 0.1) is 17.7 Å². The normalized spacial score (nSPS) is 12.7. The third kappa shape index (κ3) is 8.24. The summed E-state index contributed by atoms with van der Waals surface area (Å²) in [6.07, 6.45) is 1.08. The molecule has 3 aromatic rings. The predicted molar refractivity (Wildman–Crippen MR) is 163 cm³/mol. The van der Waals surface area contributed by atoms with Gasteiger partial charge in [-0.25, -0.2) is 8.42 Å². The molecule has 0 bridgehead atoms. The molecule has 0 saturated carbocycles. The van der Waals surface area contributed by atoms with E-state index in [4.69, 9.17) is 16.3 Å². The zero-order valence-corrected chi connectivity index (χ0v) is 25.7. The quantitative estimate of drug-likeness (QED) is 0.277. The fourth-order valence-electron chi connectivity index (χ4n) is 4.29. The third-order valence-corrected chi connectivity index (χ3v) is 8.91. The number of carbonyl (C=O) groups is 2. The second-order valence-corrected chi connectivity index (χ2v) is 12.2. The maximum atomic E-state index is 14.1. The van der Waals surface area contributed by atoms with Crippen molar-refractivity contribution in [1.82, 2.24) is 10.2 Å². The molecule has 2 amide bonds. The molecule has 0 unspecified atom stereocenters. The van der Waals surface area contributed by atoms with Crippen LogP contribution in [0.25, 0.3) is 0 Å². The summed E-state index contributed by atoms with van der Waals surface area (Å²) in [4.78, 5) is 28.9. The lowest BCUT2D eigenvalue weighted by atomic mass is 10.1. The van der Waals surface area contributed by atoms with Crippen molar-refractivity contribution in [2.45, 2.75) is 64.1 Å². The molecule has 0 saturated heterocycles. The number of methoxy groups -OCH3 is 1. The first-order chi connectivity index (χ1) is 19.5. The number of hydrogen-bond donors (Lipinski definition) is 1. The highest BCUT2D eigenvalue weighted by molar-refractivity contribution is 7.92. The van der Waals surface area contributed by atoms with Gasteiger partial charge in [-0.3, -0.25) is 13.9 Å². The number of ether oxygens (including phenoxy) is 1. The van der Waals surface area contributed by atoms with E-state index in [9.17, 15) is 18.0 Å². The first-order valence-electron chi connectivity index (χ1n) is 13.6. The first-order valence-corrected chi connectivity index (χ1v) is 15.4. The van der Waals surface area contributed by atoms with Crippen LogP contribution in [0.1, 0.15) is 44.7 Å². The van der Waals surface area contributed by atoms with Crippen molar-refractivity contribution in [3.63, 3.8) is 0 Å². The van der Waals surface area contributed by atoms with Crippen LogP contribution in [0.15, 0.2) is 77.7 Å². The SMILES string of the molecule is CC[C@H](C(=O)N[C@@H](C)CC)N(Cc1ccc(C)cc1)C(=O)CN(c1cccc(Cl)c1)S(=O)(=O)c1ccc(OC)cc1. The molecule has 3 aromatic carbocycles. The number of nitrogens with zero attached hydrogens (tertiary/aromatic N) is 2. The van der Waals surface area contributed by atoms with Crippen LogP contribution in [0.2, 0.25) is 5.02 Å². The maximum Gasteiger partial charge on any atom is 0.264 e. The molecule has 0 radical (unpaired) electrons. The minimum Gasteiger partial charge on any atom is -0.497 e. The van der Waals surface area contributed by atoms with Gasteiger partial charge in [0.1, 0.15) is 18.3 Å². The molecular formula is C31H38ClN3O5S. The maximum absolute atomic E-state index is 14.1. The number of aryl methyl sites for hydroxylation is 1. The van der Waals surface area contributed by atoms with Crippen LogP contribution < -0.4 is 14.4 Å². The highest BCUT2D eigenvalue weighted by Crippen LogP contribution is 2.28. The zero-order valence-electron chi connectivity index (χ0n) is 24.1. The van der Waals surface area contributed by atoms with Crippen molar-refractivity contribution in [2.24, 2.45) is 0 Å². The molecule has 0 heterocycles. The molecule has 0 fully saturated rings. The van der Waals surface area contributed by atoms with Crippen molar-refractivity contribution < 1.29 is 22.7 Å². The molecule has 0 aromatic heterocycles. The molecule has 8 nitrogen and oxygen atoms in total. The summed E-state index contributed by atoms with van der Waals surface area (Å²) in [5.41, 5.74) is 2.12. The first kappa shape index (κ1) is 32.0. The Balaban J connectivity index is 2.06. The van der Waals surface area contributed by atoms with Gasteiger partial charge in [0.25, 0.3) is 10.0 Å². The number of halogens is 1. The highest BCUT2D eigenvalue weighted by Gasteiger charge is 2.34. The molecular weight excluding hydrogens is 562 g/mol. The van der Waals surface area contributed by atoms with E-state index in [0.717, 1.165) is 21.9 Å². The molecule has 0 aliphatic rings. The molecule has 0 spiro atoms. The van der Waals surface area contributed by atoms with Gasteiger partial charge in [-0.05, 0) is 74.7 Å².